The van der Waals surface area contributed by atoms with Gasteiger partial charge >= 0.3 is 5.97 Å². The summed E-state index contributed by atoms with van der Waals surface area (Å²) in [6, 6.07) is 0. The van der Waals surface area contributed by atoms with Gasteiger partial charge in [0.1, 0.15) is 5.41 Å². The van der Waals surface area contributed by atoms with Crippen LogP contribution in [0.2, 0.25) is 0 Å². The van der Waals surface area contributed by atoms with Crippen LogP contribution in [-0.4, -0.2) is 22.7 Å². The summed E-state index contributed by atoms with van der Waals surface area (Å²) in [5.41, 5.74) is -0.695. The molecule has 0 aliphatic heterocycles. The Morgan fingerprint density at radius 1 is 1.40 bits per heavy atom. The average Bonchev–Trinajstić information content (AvgIpc) is 3.06. The monoisotopic (exact) mass is 280 g/mol. The first-order chi connectivity index (χ1) is 9.58. The molecule has 0 amide bonds. The van der Waals surface area contributed by atoms with Gasteiger partial charge < -0.3 is 9.26 Å². The summed E-state index contributed by atoms with van der Waals surface area (Å²) in [7, 11) is 0. The van der Waals surface area contributed by atoms with E-state index in [0.29, 0.717) is 24.2 Å². The summed E-state index contributed by atoms with van der Waals surface area (Å²) in [6.07, 6.45) is 5.31. The van der Waals surface area contributed by atoms with Gasteiger partial charge in [0.25, 0.3) is 0 Å². The summed E-state index contributed by atoms with van der Waals surface area (Å²) in [5, 5.41) is 4.03. The van der Waals surface area contributed by atoms with Crippen LogP contribution in [0, 0.1) is 5.92 Å². The lowest BCUT2D eigenvalue weighted by molar-refractivity contribution is -0.151. The van der Waals surface area contributed by atoms with Crippen molar-refractivity contribution in [2.75, 3.05) is 6.61 Å². The van der Waals surface area contributed by atoms with Crippen LogP contribution in [0.25, 0.3) is 0 Å². The zero-order valence-electron chi connectivity index (χ0n) is 12.6. The van der Waals surface area contributed by atoms with Crippen LogP contribution >= 0.6 is 0 Å². The standard InChI is InChI=1S/C15H24N2O3/c1-4-19-14(18)15(9-5-6-10-15)13-16-12(17-20-13)8-7-11(2)3/h11H,4-10H2,1-3H3. The topological polar surface area (TPSA) is 65.2 Å². The first-order valence-electron chi connectivity index (χ1n) is 7.59. The normalized spacial score (nSPS) is 17.6. The van der Waals surface area contributed by atoms with Crippen molar-refractivity contribution in [1.29, 1.82) is 0 Å². The van der Waals surface area contributed by atoms with Gasteiger partial charge in [0.15, 0.2) is 5.82 Å². The van der Waals surface area contributed by atoms with E-state index < -0.39 is 5.41 Å². The summed E-state index contributed by atoms with van der Waals surface area (Å²) < 4.78 is 10.6. The number of carbonyl (C=O) groups excluding carboxylic acids is 1. The summed E-state index contributed by atoms with van der Waals surface area (Å²) >= 11 is 0. The highest BCUT2D eigenvalue weighted by Crippen LogP contribution is 2.41. The molecule has 0 atom stereocenters. The molecular formula is C15H24N2O3. The zero-order valence-corrected chi connectivity index (χ0v) is 12.6. The molecule has 1 saturated carbocycles. The quantitative estimate of drug-likeness (QED) is 0.749. The van der Waals surface area contributed by atoms with Crippen LogP contribution in [0.5, 0.6) is 0 Å². The third kappa shape index (κ3) is 3.02. The van der Waals surface area contributed by atoms with Crippen LogP contribution in [0.4, 0.5) is 0 Å². The Kier molecular flexibility index (Phi) is 4.78. The molecule has 1 aromatic rings. The Balaban J connectivity index is 2.16. The van der Waals surface area contributed by atoms with Crippen molar-refractivity contribution < 1.29 is 14.1 Å². The van der Waals surface area contributed by atoms with Gasteiger partial charge in [0.05, 0.1) is 6.61 Å². The van der Waals surface area contributed by atoms with E-state index in [-0.39, 0.29) is 5.97 Å². The van der Waals surface area contributed by atoms with Gasteiger partial charge in [0, 0.05) is 6.42 Å². The molecule has 2 rings (SSSR count). The first kappa shape index (κ1) is 15.0. The highest BCUT2D eigenvalue weighted by molar-refractivity contribution is 5.82. The lowest BCUT2D eigenvalue weighted by Crippen LogP contribution is -2.35. The van der Waals surface area contributed by atoms with Gasteiger partial charge in [-0.25, -0.2) is 0 Å². The summed E-state index contributed by atoms with van der Waals surface area (Å²) in [5.74, 6) is 1.54. The maximum absolute atomic E-state index is 12.3. The highest BCUT2D eigenvalue weighted by Gasteiger charge is 2.49. The Hall–Kier alpha value is -1.39. The molecule has 1 aliphatic carbocycles. The Bertz CT molecular complexity index is 448. The Morgan fingerprint density at radius 2 is 2.10 bits per heavy atom. The number of aromatic nitrogens is 2. The van der Waals surface area contributed by atoms with Crippen molar-refractivity contribution in [2.45, 2.75) is 64.7 Å². The first-order valence-corrected chi connectivity index (χ1v) is 7.59. The van der Waals surface area contributed by atoms with E-state index in [9.17, 15) is 4.79 Å². The molecule has 0 unspecified atom stereocenters. The third-order valence-electron chi connectivity index (χ3n) is 3.95. The van der Waals surface area contributed by atoms with Crippen molar-refractivity contribution >= 4 is 5.97 Å². The largest absolute Gasteiger partial charge is 0.465 e. The third-order valence-corrected chi connectivity index (χ3v) is 3.95. The van der Waals surface area contributed by atoms with E-state index >= 15 is 0 Å². The number of nitrogens with zero attached hydrogens (tertiary/aromatic N) is 2. The minimum Gasteiger partial charge on any atom is -0.465 e. The molecule has 0 saturated heterocycles. The van der Waals surface area contributed by atoms with E-state index in [1.54, 1.807) is 0 Å². The summed E-state index contributed by atoms with van der Waals surface area (Å²) in [4.78, 5) is 16.8. The van der Waals surface area contributed by atoms with Crippen molar-refractivity contribution in [1.82, 2.24) is 10.1 Å². The average molecular weight is 280 g/mol. The van der Waals surface area contributed by atoms with Crippen molar-refractivity contribution in [2.24, 2.45) is 5.92 Å². The highest BCUT2D eigenvalue weighted by atomic mass is 16.5. The molecule has 1 fully saturated rings. The molecule has 0 spiro atoms. The zero-order chi connectivity index (χ0) is 14.6. The molecule has 0 N–H and O–H groups in total. The van der Waals surface area contributed by atoms with Crippen molar-refractivity contribution in [3.63, 3.8) is 0 Å². The van der Waals surface area contributed by atoms with Crippen LogP contribution in [0.1, 0.15) is 64.6 Å². The number of ether oxygens (including phenoxy) is 1. The smallest absolute Gasteiger partial charge is 0.321 e. The van der Waals surface area contributed by atoms with Crippen molar-refractivity contribution in [3.05, 3.63) is 11.7 Å². The minimum absolute atomic E-state index is 0.212. The van der Waals surface area contributed by atoms with E-state index in [1.807, 2.05) is 6.92 Å². The van der Waals surface area contributed by atoms with Gasteiger partial charge in [-0.3, -0.25) is 4.79 Å². The molecule has 112 valence electrons. The fourth-order valence-corrected chi connectivity index (χ4v) is 2.72. The number of esters is 1. The minimum atomic E-state index is -0.695. The van der Waals surface area contributed by atoms with E-state index in [4.69, 9.17) is 9.26 Å². The van der Waals surface area contributed by atoms with E-state index in [1.165, 1.54) is 0 Å². The van der Waals surface area contributed by atoms with Gasteiger partial charge in [0.2, 0.25) is 5.89 Å². The van der Waals surface area contributed by atoms with Gasteiger partial charge in [-0.2, -0.15) is 4.98 Å². The van der Waals surface area contributed by atoms with Crippen LogP contribution in [0.3, 0.4) is 0 Å². The molecule has 1 aliphatic rings. The van der Waals surface area contributed by atoms with E-state index in [0.717, 1.165) is 38.5 Å². The van der Waals surface area contributed by atoms with Crippen LogP contribution < -0.4 is 0 Å². The fraction of sp³-hybridized carbons (Fsp3) is 0.800. The van der Waals surface area contributed by atoms with Gasteiger partial charge in [-0.1, -0.05) is 31.8 Å². The molecule has 0 bridgehead atoms. The second-order valence-corrected chi connectivity index (χ2v) is 5.96. The molecule has 1 heterocycles. The van der Waals surface area contributed by atoms with Gasteiger partial charge in [-0.15, -0.1) is 0 Å². The summed E-state index contributed by atoms with van der Waals surface area (Å²) in [6.45, 7) is 6.54. The Morgan fingerprint density at radius 3 is 2.70 bits per heavy atom. The van der Waals surface area contributed by atoms with Crippen LogP contribution in [-0.2, 0) is 21.4 Å². The predicted octanol–water partition coefficient (Wildman–Crippen LogP) is 3.03. The number of hydrogen-bond donors (Lipinski definition) is 0. The lowest BCUT2D eigenvalue weighted by atomic mass is 9.86. The molecular weight excluding hydrogens is 256 g/mol. The maximum Gasteiger partial charge on any atom is 0.321 e. The van der Waals surface area contributed by atoms with Gasteiger partial charge in [-0.05, 0) is 32.1 Å². The SMILES string of the molecule is CCOC(=O)C1(c2nc(CCC(C)C)no2)CCCC1. The molecule has 20 heavy (non-hydrogen) atoms. The Labute approximate surface area is 120 Å². The molecule has 5 nitrogen and oxygen atoms in total. The molecule has 0 radical (unpaired) electrons. The predicted molar refractivity (Wildman–Crippen MR) is 74.2 cm³/mol. The second-order valence-electron chi connectivity index (χ2n) is 5.96. The fourth-order valence-electron chi connectivity index (χ4n) is 2.72. The lowest BCUT2D eigenvalue weighted by Gasteiger charge is -2.21. The maximum atomic E-state index is 12.3. The van der Waals surface area contributed by atoms with Crippen molar-refractivity contribution in [3.8, 4) is 0 Å². The van der Waals surface area contributed by atoms with E-state index in [2.05, 4.69) is 24.0 Å². The molecule has 0 aromatic carbocycles. The second kappa shape index (κ2) is 6.37. The number of rotatable bonds is 6. The molecule has 1 aromatic heterocycles. The number of carbonyl (C=O) groups is 1. The van der Waals surface area contributed by atoms with Crippen LogP contribution in [0.15, 0.2) is 4.52 Å². The molecule has 5 heteroatoms. The number of aryl methyl sites for hydroxylation is 1. The number of hydrogen-bond acceptors (Lipinski definition) is 5.